The summed E-state index contributed by atoms with van der Waals surface area (Å²) in [5.74, 6) is -3.08. The number of rotatable bonds is 4. The number of carbonyl (C=O) groups excluding carboxylic acids is 1. The minimum absolute atomic E-state index is 0.0963. The quantitative estimate of drug-likeness (QED) is 0.446. The van der Waals surface area contributed by atoms with Gasteiger partial charge >= 0.3 is 6.36 Å². The molecule has 0 bridgehead atoms. The SMILES string of the molecule is O=C(NN=Cc1cc(Br)ccc1O)c1ccc(OC(F)(F)F)cc1F. The van der Waals surface area contributed by atoms with Crippen molar-refractivity contribution in [2.24, 2.45) is 5.10 Å². The molecule has 2 N–H and O–H groups in total. The van der Waals surface area contributed by atoms with Gasteiger partial charge in [-0.25, -0.2) is 9.82 Å². The van der Waals surface area contributed by atoms with Gasteiger partial charge in [0.1, 0.15) is 17.3 Å². The van der Waals surface area contributed by atoms with E-state index in [1.807, 2.05) is 5.43 Å². The van der Waals surface area contributed by atoms with Gasteiger partial charge in [0.15, 0.2) is 0 Å². The topological polar surface area (TPSA) is 70.9 Å². The number of phenolic OH excluding ortho intramolecular Hbond substituents is 1. The summed E-state index contributed by atoms with van der Waals surface area (Å²) in [5, 5.41) is 13.2. The first-order valence-electron chi connectivity index (χ1n) is 6.53. The lowest BCUT2D eigenvalue weighted by Crippen LogP contribution is -2.20. The van der Waals surface area contributed by atoms with Crippen molar-refractivity contribution in [2.45, 2.75) is 6.36 Å². The Hall–Kier alpha value is -2.62. The van der Waals surface area contributed by atoms with Crippen LogP contribution in [-0.2, 0) is 0 Å². The van der Waals surface area contributed by atoms with Gasteiger partial charge in [-0.3, -0.25) is 4.79 Å². The standard InChI is InChI=1S/C15H9BrF4N2O3/c16-9-1-4-13(23)8(5-9)7-21-22-14(24)11-3-2-10(6-12(11)17)25-15(18,19)20/h1-7,23H,(H,22,24). The van der Waals surface area contributed by atoms with Crippen molar-refractivity contribution in [3.8, 4) is 11.5 Å². The largest absolute Gasteiger partial charge is 0.573 e. The third kappa shape index (κ3) is 5.45. The Bertz CT molecular complexity index is 825. The van der Waals surface area contributed by atoms with Crippen molar-refractivity contribution < 1.29 is 32.2 Å². The summed E-state index contributed by atoms with van der Waals surface area (Å²) in [6.45, 7) is 0. The fourth-order valence-corrected chi connectivity index (χ4v) is 2.11. The van der Waals surface area contributed by atoms with Crippen molar-refractivity contribution in [3.63, 3.8) is 0 Å². The minimum Gasteiger partial charge on any atom is -0.507 e. The molecule has 0 aliphatic heterocycles. The van der Waals surface area contributed by atoms with Crippen LogP contribution in [0.3, 0.4) is 0 Å². The number of carbonyl (C=O) groups is 1. The Labute approximate surface area is 147 Å². The molecule has 2 rings (SSSR count). The summed E-state index contributed by atoms with van der Waals surface area (Å²) in [6.07, 6.45) is -3.84. The van der Waals surface area contributed by atoms with E-state index in [-0.39, 0.29) is 11.3 Å². The molecule has 2 aromatic carbocycles. The third-order valence-electron chi connectivity index (χ3n) is 2.78. The monoisotopic (exact) mass is 420 g/mol. The molecule has 10 heteroatoms. The van der Waals surface area contributed by atoms with E-state index in [0.717, 1.165) is 18.3 Å². The minimum atomic E-state index is -4.97. The lowest BCUT2D eigenvalue weighted by molar-refractivity contribution is -0.274. The molecule has 0 fully saturated rings. The zero-order valence-corrected chi connectivity index (χ0v) is 13.7. The lowest BCUT2D eigenvalue weighted by Gasteiger charge is -2.09. The number of hydrazone groups is 1. The Morgan fingerprint density at radius 1 is 1.24 bits per heavy atom. The molecule has 0 atom stereocenters. The van der Waals surface area contributed by atoms with Crippen LogP contribution in [0.25, 0.3) is 0 Å². The van der Waals surface area contributed by atoms with Crippen LogP contribution < -0.4 is 10.2 Å². The molecular weight excluding hydrogens is 412 g/mol. The Kier molecular flexibility index (Phi) is 5.62. The van der Waals surface area contributed by atoms with E-state index in [1.54, 1.807) is 6.07 Å². The zero-order valence-electron chi connectivity index (χ0n) is 12.1. The maximum Gasteiger partial charge on any atom is 0.573 e. The average molecular weight is 421 g/mol. The van der Waals surface area contributed by atoms with Crippen LogP contribution in [0, 0.1) is 5.82 Å². The fourth-order valence-electron chi connectivity index (χ4n) is 1.73. The Morgan fingerprint density at radius 2 is 1.96 bits per heavy atom. The first kappa shape index (κ1) is 18.7. The second kappa shape index (κ2) is 7.51. The van der Waals surface area contributed by atoms with Crippen LogP contribution in [0.15, 0.2) is 46.0 Å². The molecule has 0 aromatic heterocycles. The number of alkyl halides is 3. The number of ether oxygens (including phenoxy) is 1. The summed E-state index contributed by atoms with van der Waals surface area (Å²) < 4.78 is 54.1. The predicted molar refractivity (Wildman–Crippen MR) is 84.0 cm³/mol. The number of hydrogen-bond donors (Lipinski definition) is 2. The highest BCUT2D eigenvalue weighted by molar-refractivity contribution is 9.10. The average Bonchev–Trinajstić information content (AvgIpc) is 2.49. The van der Waals surface area contributed by atoms with Crippen LogP contribution >= 0.6 is 15.9 Å². The summed E-state index contributed by atoms with van der Waals surface area (Å²) in [4.78, 5) is 11.8. The molecule has 0 heterocycles. The summed E-state index contributed by atoms with van der Waals surface area (Å²) in [7, 11) is 0. The molecule has 0 unspecified atom stereocenters. The first-order chi connectivity index (χ1) is 11.7. The van der Waals surface area contributed by atoms with Crippen molar-refractivity contribution in [1.29, 1.82) is 0 Å². The van der Waals surface area contributed by atoms with Crippen molar-refractivity contribution in [1.82, 2.24) is 5.43 Å². The zero-order chi connectivity index (χ0) is 18.6. The van der Waals surface area contributed by atoms with Crippen LogP contribution in [0.4, 0.5) is 17.6 Å². The Morgan fingerprint density at radius 3 is 2.60 bits per heavy atom. The molecule has 5 nitrogen and oxygen atoms in total. The van der Waals surface area contributed by atoms with Gasteiger partial charge in [-0.1, -0.05) is 15.9 Å². The smallest absolute Gasteiger partial charge is 0.507 e. The number of phenols is 1. The number of amides is 1. The van der Waals surface area contributed by atoms with E-state index in [2.05, 4.69) is 25.8 Å². The van der Waals surface area contributed by atoms with E-state index < -0.39 is 29.4 Å². The molecule has 0 radical (unpaired) electrons. The van der Waals surface area contributed by atoms with Gasteiger partial charge < -0.3 is 9.84 Å². The van der Waals surface area contributed by atoms with Crippen molar-refractivity contribution >= 4 is 28.1 Å². The highest BCUT2D eigenvalue weighted by Gasteiger charge is 2.31. The van der Waals surface area contributed by atoms with Crippen LogP contribution in [0.1, 0.15) is 15.9 Å². The number of hydrogen-bond acceptors (Lipinski definition) is 4. The van der Waals surface area contributed by atoms with Gasteiger partial charge in [0.2, 0.25) is 0 Å². The van der Waals surface area contributed by atoms with Gasteiger partial charge in [-0.05, 0) is 30.3 Å². The second-order valence-corrected chi connectivity index (χ2v) is 5.51. The van der Waals surface area contributed by atoms with Gasteiger partial charge in [0.05, 0.1) is 11.8 Å². The molecule has 0 aliphatic rings. The summed E-state index contributed by atoms with van der Waals surface area (Å²) in [5.41, 5.74) is 1.76. The fraction of sp³-hybridized carbons (Fsp3) is 0.0667. The highest BCUT2D eigenvalue weighted by Crippen LogP contribution is 2.24. The van der Waals surface area contributed by atoms with Gasteiger partial charge in [0.25, 0.3) is 5.91 Å². The van der Waals surface area contributed by atoms with E-state index in [9.17, 15) is 27.5 Å². The number of halogens is 5. The lowest BCUT2D eigenvalue weighted by atomic mass is 10.2. The molecular formula is C15H9BrF4N2O3. The molecule has 1 amide bonds. The molecule has 25 heavy (non-hydrogen) atoms. The number of nitrogens with one attached hydrogen (secondary N) is 1. The predicted octanol–water partition coefficient (Wildman–Crippen LogP) is 3.96. The van der Waals surface area contributed by atoms with Crippen molar-refractivity contribution in [3.05, 3.63) is 57.8 Å². The summed E-state index contributed by atoms with van der Waals surface area (Å²) in [6, 6.07) is 6.58. The molecule has 0 saturated heterocycles. The molecule has 0 spiro atoms. The number of nitrogens with zero attached hydrogens (tertiary/aromatic N) is 1. The Balaban J connectivity index is 2.08. The summed E-state index contributed by atoms with van der Waals surface area (Å²) >= 11 is 3.19. The molecule has 2 aromatic rings. The van der Waals surface area contributed by atoms with E-state index >= 15 is 0 Å². The van der Waals surface area contributed by atoms with E-state index in [4.69, 9.17) is 0 Å². The highest BCUT2D eigenvalue weighted by atomic mass is 79.9. The third-order valence-corrected chi connectivity index (χ3v) is 3.27. The number of benzene rings is 2. The second-order valence-electron chi connectivity index (χ2n) is 4.59. The van der Waals surface area contributed by atoms with Crippen molar-refractivity contribution in [2.75, 3.05) is 0 Å². The molecule has 0 saturated carbocycles. The van der Waals surface area contributed by atoms with Crippen LogP contribution in [-0.4, -0.2) is 23.6 Å². The molecule has 0 aliphatic carbocycles. The number of aromatic hydroxyl groups is 1. The maximum absolute atomic E-state index is 13.7. The maximum atomic E-state index is 13.7. The van der Waals surface area contributed by atoms with E-state index in [0.29, 0.717) is 10.5 Å². The van der Waals surface area contributed by atoms with Crippen LogP contribution in [0.5, 0.6) is 11.5 Å². The van der Waals surface area contributed by atoms with E-state index in [1.165, 1.54) is 12.1 Å². The van der Waals surface area contributed by atoms with Gasteiger partial charge in [-0.15, -0.1) is 13.2 Å². The first-order valence-corrected chi connectivity index (χ1v) is 7.32. The normalized spacial score (nSPS) is 11.6. The molecule has 132 valence electrons. The van der Waals surface area contributed by atoms with Gasteiger partial charge in [0, 0.05) is 16.1 Å². The van der Waals surface area contributed by atoms with Crippen LogP contribution in [0.2, 0.25) is 0 Å². The van der Waals surface area contributed by atoms with Gasteiger partial charge in [-0.2, -0.15) is 5.10 Å².